The number of para-hydroxylation sites is 1. The summed E-state index contributed by atoms with van der Waals surface area (Å²) in [5, 5.41) is 0.731. The van der Waals surface area contributed by atoms with E-state index in [4.69, 9.17) is 16.6 Å². The predicted molar refractivity (Wildman–Crippen MR) is 124 cm³/mol. The van der Waals surface area contributed by atoms with Crippen LogP contribution >= 0.6 is 11.6 Å². The van der Waals surface area contributed by atoms with E-state index in [1.165, 1.54) is 11.3 Å². The molecule has 30 heavy (non-hydrogen) atoms. The maximum Gasteiger partial charge on any atom is 0.124 e. The summed E-state index contributed by atoms with van der Waals surface area (Å²) in [6, 6.07) is 27.3. The first-order valence-electron chi connectivity index (χ1n) is 10.5. The van der Waals surface area contributed by atoms with Gasteiger partial charge in [-0.2, -0.15) is 0 Å². The van der Waals surface area contributed by atoms with Crippen LogP contribution in [0.25, 0.3) is 11.0 Å². The third-order valence-corrected chi connectivity index (χ3v) is 6.07. The highest BCUT2D eigenvalue weighted by Gasteiger charge is 2.20. The van der Waals surface area contributed by atoms with Crippen molar-refractivity contribution in [3.8, 4) is 0 Å². The van der Waals surface area contributed by atoms with Crippen LogP contribution in [0.3, 0.4) is 0 Å². The Labute approximate surface area is 182 Å². The molecule has 1 aliphatic rings. The summed E-state index contributed by atoms with van der Waals surface area (Å²) in [7, 11) is 0. The zero-order valence-electron chi connectivity index (χ0n) is 16.9. The number of anilines is 1. The normalized spacial score (nSPS) is 15.0. The minimum Gasteiger partial charge on any atom is -0.369 e. The van der Waals surface area contributed by atoms with Gasteiger partial charge in [0, 0.05) is 43.4 Å². The summed E-state index contributed by atoms with van der Waals surface area (Å²) in [6.45, 7) is 5.80. The van der Waals surface area contributed by atoms with Crippen molar-refractivity contribution in [2.45, 2.75) is 13.1 Å². The minimum atomic E-state index is 0.731. The number of imidazole rings is 1. The van der Waals surface area contributed by atoms with E-state index in [1.54, 1.807) is 0 Å². The van der Waals surface area contributed by atoms with Gasteiger partial charge < -0.3 is 9.47 Å². The largest absolute Gasteiger partial charge is 0.369 e. The zero-order chi connectivity index (χ0) is 20.3. The van der Waals surface area contributed by atoms with E-state index < -0.39 is 0 Å². The highest BCUT2D eigenvalue weighted by molar-refractivity contribution is 6.31. The van der Waals surface area contributed by atoms with Gasteiger partial charge in [-0.1, -0.05) is 60.1 Å². The number of piperazine rings is 1. The first-order valence-corrected chi connectivity index (χ1v) is 10.8. The number of halogens is 1. The van der Waals surface area contributed by atoms with Crippen molar-refractivity contribution < 1.29 is 0 Å². The Morgan fingerprint density at radius 1 is 0.767 bits per heavy atom. The molecule has 1 aromatic heterocycles. The summed E-state index contributed by atoms with van der Waals surface area (Å²) in [6.07, 6.45) is 0. The molecule has 0 atom stereocenters. The van der Waals surface area contributed by atoms with Crippen LogP contribution in [0.5, 0.6) is 0 Å². The Hall–Kier alpha value is -2.82. The molecule has 5 heteroatoms. The standard InChI is InChI=1S/C25H25ClN4/c26-21-11-12-24-23(17-21)27-25(30(24)18-20-7-3-1-4-8-20)19-28-13-15-29(16-14-28)22-9-5-2-6-10-22/h1-12,17H,13-16,18-19H2. The van der Waals surface area contributed by atoms with Gasteiger partial charge in [-0.15, -0.1) is 0 Å². The van der Waals surface area contributed by atoms with E-state index >= 15 is 0 Å². The highest BCUT2D eigenvalue weighted by atomic mass is 35.5. The van der Waals surface area contributed by atoms with Crippen molar-refractivity contribution in [1.29, 1.82) is 0 Å². The molecule has 3 aromatic carbocycles. The number of fused-ring (bicyclic) bond motifs is 1. The van der Waals surface area contributed by atoms with Gasteiger partial charge in [0.05, 0.1) is 17.6 Å². The fraction of sp³-hybridized carbons (Fsp3) is 0.240. The second-order valence-corrected chi connectivity index (χ2v) is 8.27. The van der Waals surface area contributed by atoms with Crippen molar-refractivity contribution >= 4 is 28.3 Å². The lowest BCUT2D eigenvalue weighted by Crippen LogP contribution is -2.46. The predicted octanol–water partition coefficient (Wildman–Crippen LogP) is 5.06. The average molecular weight is 417 g/mol. The monoisotopic (exact) mass is 416 g/mol. The molecule has 0 saturated carbocycles. The van der Waals surface area contributed by atoms with Gasteiger partial charge in [-0.25, -0.2) is 4.98 Å². The Morgan fingerprint density at radius 2 is 1.47 bits per heavy atom. The molecule has 1 aliphatic heterocycles. The first kappa shape index (κ1) is 19.2. The second kappa shape index (κ2) is 8.50. The maximum absolute atomic E-state index is 6.24. The zero-order valence-corrected chi connectivity index (χ0v) is 17.7. The molecule has 0 aliphatic carbocycles. The van der Waals surface area contributed by atoms with Crippen LogP contribution in [0, 0.1) is 0 Å². The molecule has 1 fully saturated rings. The molecule has 4 nitrogen and oxygen atoms in total. The van der Waals surface area contributed by atoms with Gasteiger partial charge in [0.15, 0.2) is 0 Å². The average Bonchev–Trinajstić information content (AvgIpc) is 3.11. The summed E-state index contributed by atoms with van der Waals surface area (Å²) in [5.41, 5.74) is 4.70. The third-order valence-electron chi connectivity index (χ3n) is 5.83. The number of aromatic nitrogens is 2. The molecule has 0 unspecified atom stereocenters. The van der Waals surface area contributed by atoms with Crippen LogP contribution in [0.1, 0.15) is 11.4 Å². The Bertz CT molecular complexity index is 1120. The maximum atomic E-state index is 6.24. The SMILES string of the molecule is Clc1ccc2c(c1)nc(CN1CCN(c3ccccc3)CC1)n2Cc1ccccc1. The topological polar surface area (TPSA) is 24.3 Å². The van der Waals surface area contributed by atoms with E-state index in [9.17, 15) is 0 Å². The van der Waals surface area contributed by atoms with E-state index in [0.717, 1.165) is 61.1 Å². The van der Waals surface area contributed by atoms with Crippen LogP contribution in [0.4, 0.5) is 5.69 Å². The van der Waals surface area contributed by atoms with Crippen LogP contribution in [0.2, 0.25) is 5.02 Å². The van der Waals surface area contributed by atoms with Crippen molar-refractivity contribution in [3.05, 3.63) is 95.3 Å². The molecule has 0 N–H and O–H groups in total. The van der Waals surface area contributed by atoms with Crippen molar-refractivity contribution in [2.24, 2.45) is 0 Å². The third kappa shape index (κ3) is 4.07. The number of nitrogens with zero attached hydrogens (tertiary/aromatic N) is 4. The fourth-order valence-corrected chi connectivity index (χ4v) is 4.39. The van der Waals surface area contributed by atoms with Crippen LogP contribution in [-0.4, -0.2) is 40.6 Å². The molecule has 2 heterocycles. The molecule has 1 saturated heterocycles. The smallest absolute Gasteiger partial charge is 0.124 e. The van der Waals surface area contributed by atoms with Crippen LogP contribution in [-0.2, 0) is 13.1 Å². The molecule has 4 aromatic rings. The minimum absolute atomic E-state index is 0.731. The Morgan fingerprint density at radius 3 is 2.20 bits per heavy atom. The van der Waals surface area contributed by atoms with Crippen molar-refractivity contribution in [2.75, 3.05) is 31.1 Å². The van der Waals surface area contributed by atoms with Crippen LogP contribution < -0.4 is 4.90 Å². The second-order valence-electron chi connectivity index (χ2n) is 7.83. The number of hydrogen-bond donors (Lipinski definition) is 0. The molecule has 0 radical (unpaired) electrons. The number of rotatable bonds is 5. The van der Waals surface area contributed by atoms with E-state index in [0.29, 0.717) is 0 Å². The van der Waals surface area contributed by atoms with Gasteiger partial charge in [0.25, 0.3) is 0 Å². The Kier molecular flexibility index (Phi) is 5.43. The Balaban J connectivity index is 1.37. The first-order chi connectivity index (χ1) is 14.8. The quantitative estimate of drug-likeness (QED) is 0.454. The molecule has 0 amide bonds. The molecular formula is C25H25ClN4. The summed E-state index contributed by atoms with van der Waals surface area (Å²) in [4.78, 5) is 9.93. The summed E-state index contributed by atoms with van der Waals surface area (Å²) >= 11 is 6.24. The lowest BCUT2D eigenvalue weighted by molar-refractivity contribution is 0.241. The molecule has 0 spiro atoms. The van der Waals surface area contributed by atoms with Gasteiger partial charge >= 0.3 is 0 Å². The summed E-state index contributed by atoms with van der Waals surface area (Å²) < 4.78 is 2.34. The summed E-state index contributed by atoms with van der Waals surface area (Å²) in [5.74, 6) is 1.10. The van der Waals surface area contributed by atoms with Gasteiger partial charge in [-0.3, -0.25) is 4.90 Å². The van der Waals surface area contributed by atoms with Crippen molar-refractivity contribution in [1.82, 2.24) is 14.5 Å². The highest BCUT2D eigenvalue weighted by Crippen LogP contribution is 2.23. The van der Waals surface area contributed by atoms with Gasteiger partial charge in [-0.05, 0) is 35.9 Å². The lowest BCUT2D eigenvalue weighted by atomic mass is 10.2. The van der Waals surface area contributed by atoms with E-state index in [2.05, 4.69) is 81.1 Å². The molecule has 0 bridgehead atoms. The van der Waals surface area contributed by atoms with Gasteiger partial charge in [0.2, 0.25) is 0 Å². The van der Waals surface area contributed by atoms with E-state index in [-0.39, 0.29) is 0 Å². The van der Waals surface area contributed by atoms with E-state index in [1.807, 2.05) is 12.1 Å². The molecule has 152 valence electrons. The lowest BCUT2D eigenvalue weighted by Gasteiger charge is -2.36. The molecular weight excluding hydrogens is 392 g/mol. The number of hydrogen-bond acceptors (Lipinski definition) is 3. The van der Waals surface area contributed by atoms with Gasteiger partial charge in [0.1, 0.15) is 5.82 Å². The van der Waals surface area contributed by atoms with Crippen LogP contribution in [0.15, 0.2) is 78.9 Å². The van der Waals surface area contributed by atoms with Crippen molar-refractivity contribution in [3.63, 3.8) is 0 Å². The molecule has 5 rings (SSSR count). The number of benzene rings is 3. The fourth-order valence-electron chi connectivity index (χ4n) is 4.22.